The second-order valence-electron chi connectivity index (χ2n) is 8.20. The summed E-state index contributed by atoms with van der Waals surface area (Å²) in [4.78, 5) is 14.1. The van der Waals surface area contributed by atoms with Crippen LogP contribution < -0.4 is 20.3 Å². The number of methoxy groups -OCH3 is 1. The van der Waals surface area contributed by atoms with Crippen LogP contribution in [-0.4, -0.2) is 31.3 Å². The number of carbonyl (C=O) groups is 1. The van der Waals surface area contributed by atoms with Crippen molar-refractivity contribution in [3.63, 3.8) is 0 Å². The molecule has 2 bridgehead atoms. The minimum Gasteiger partial charge on any atom is -0.497 e. The molecule has 2 aliphatic rings. The monoisotopic (exact) mass is 398 g/mol. The van der Waals surface area contributed by atoms with Gasteiger partial charge in [0.15, 0.2) is 0 Å². The summed E-state index contributed by atoms with van der Waals surface area (Å²) >= 11 is 0. The van der Waals surface area contributed by atoms with Crippen LogP contribution in [0.15, 0.2) is 48.5 Å². The van der Waals surface area contributed by atoms with Crippen LogP contribution in [0.1, 0.15) is 37.7 Å². The number of piperidine rings is 2. The van der Waals surface area contributed by atoms with E-state index in [4.69, 9.17) is 4.74 Å². The molecule has 3 N–H and O–H groups in total. The fourth-order valence-electron chi connectivity index (χ4n) is 4.91. The summed E-state index contributed by atoms with van der Waals surface area (Å²) in [6.07, 6.45) is 5.61. The average Bonchev–Trinajstić information content (AvgIpc) is 2.71. The van der Waals surface area contributed by atoms with Crippen molar-refractivity contribution in [3.05, 3.63) is 59.9 Å². The zero-order valence-electron chi connectivity index (χ0n) is 16.8. The van der Waals surface area contributed by atoms with Crippen LogP contribution in [-0.2, 0) is 6.54 Å². The number of amides is 2. The van der Waals surface area contributed by atoms with Crippen LogP contribution in [0.5, 0.6) is 5.75 Å². The third kappa shape index (κ3) is 4.88. The SMILES string of the molecule is COc1ccc(NC(=O)NC2C[C@H]3CCC[C@@H](C2)[NH+]3Cc2ccc(F)cc2)cc1. The van der Waals surface area contributed by atoms with E-state index in [1.807, 2.05) is 36.4 Å². The molecule has 2 aliphatic heterocycles. The Morgan fingerprint density at radius 3 is 2.34 bits per heavy atom. The molecular weight excluding hydrogens is 369 g/mol. The van der Waals surface area contributed by atoms with E-state index >= 15 is 0 Å². The summed E-state index contributed by atoms with van der Waals surface area (Å²) in [6.45, 7) is 0.931. The zero-order chi connectivity index (χ0) is 20.2. The molecule has 0 saturated carbocycles. The fourth-order valence-corrected chi connectivity index (χ4v) is 4.91. The maximum absolute atomic E-state index is 13.2. The number of rotatable bonds is 5. The van der Waals surface area contributed by atoms with Crippen LogP contribution in [0.4, 0.5) is 14.9 Å². The van der Waals surface area contributed by atoms with Crippen molar-refractivity contribution in [2.75, 3.05) is 12.4 Å². The first-order valence-electron chi connectivity index (χ1n) is 10.4. The van der Waals surface area contributed by atoms with Gasteiger partial charge in [-0.05, 0) is 55.7 Å². The lowest BCUT2D eigenvalue weighted by Gasteiger charge is -2.46. The Hall–Kier alpha value is -2.60. The summed E-state index contributed by atoms with van der Waals surface area (Å²) in [5.74, 6) is 0.579. The van der Waals surface area contributed by atoms with Crippen LogP contribution in [0.3, 0.4) is 0 Å². The third-order valence-corrected chi connectivity index (χ3v) is 6.30. The molecule has 2 aromatic carbocycles. The Bertz CT molecular complexity index is 811. The Morgan fingerprint density at radius 2 is 1.72 bits per heavy atom. The average molecular weight is 399 g/mol. The Morgan fingerprint density at radius 1 is 1.07 bits per heavy atom. The first kappa shape index (κ1) is 19.7. The van der Waals surface area contributed by atoms with Crippen molar-refractivity contribution in [2.24, 2.45) is 0 Å². The van der Waals surface area contributed by atoms with Crippen LogP contribution in [0.2, 0.25) is 0 Å². The molecule has 2 saturated heterocycles. The second-order valence-corrected chi connectivity index (χ2v) is 8.20. The zero-order valence-corrected chi connectivity index (χ0v) is 16.8. The first-order chi connectivity index (χ1) is 14.1. The maximum atomic E-state index is 13.2. The predicted octanol–water partition coefficient (Wildman–Crippen LogP) is 3.12. The molecular formula is C23H29FN3O2+. The van der Waals surface area contributed by atoms with Crippen molar-refractivity contribution in [2.45, 2.75) is 56.8 Å². The van der Waals surface area contributed by atoms with Crippen LogP contribution >= 0.6 is 0 Å². The van der Waals surface area contributed by atoms with E-state index in [-0.39, 0.29) is 17.9 Å². The topological polar surface area (TPSA) is 54.8 Å². The number of urea groups is 1. The van der Waals surface area contributed by atoms with E-state index in [1.165, 1.54) is 24.8 Å². The molecule has 29 heavy (non-hydrogen) atoms. The van der Waals surface area contributed by atoms with Gasteiger partial charge in [-0.25, -0.2) is 9.18 Å². The van der Waals surface area contributed by atoms with Gasteiger partial charge in [0.25, 0.3) is 0 Å². The first-order valence-corrected chi connectivity index (χ1v) is 10.4. The van der Waals surface area contributed by atoms with Gasteiger partial charge >= 0.3 is 6.03 Å². The summed E-state index contributed by atoms with van der Waals surface area (Å²) in [7, 11) is 1.62. The largest absolute Gasteiger partial charge is 0.497 e. The predicted molar refractivity (Wildman–Crippen MR) is 111 cm³/mol. The number of ether oxygens (including phenoxy) is 1. The van der Waals surface area contributed by atoms with Gasteiger partial charge in [0.05, 0.1) is 19.2 Å². The number of anilines is 1. The minimum atomic E-state index is -0.185. The fraction of sp³-hybridized carbons (Fsp3) is 0.435. The number of benzene rings is 2. The van der Waals surface area contributed by atoms with Crippen molar-refractivity contribution in [3.8, 4) is 5.75 Å². The number of fused-ring (bicyclic) bond motifs is 2. The van der Waals surface area contributed by atoms with Gasteiger partial charge in [-0.2, -0.15) is 0 Å². The summed E-state index contributed by atoms with van der Waals surface area (Å²) in [6, 6.07) is 15.3. The van der Waals surface area contributed by atoms with Gasteiger partial charge in [-0.1, -0.05) is 12.1 Å². The minimum absolute atomic E-state index is 0.153. The van der Waals surface area contributed by atoms with Crippen molar-refractivity contribution < 1.29 is 18.8 Å². The van der Waals surface area contributed by atoms with Gasteiger partial charge in [0.2, 0.25) is 0 Å². The van der Waals surface area contributed by atoms with Gasteiger partial charge in [0, 0.05) is 30.1 Å². The van der Waals surface area contributed by atoms with E-state index in [1.54, 1.807) is 24.1 Å². The molecule has 2 heterocycles. The van der Waals surface area contributed by atoms with E-state index in [0.29, 0.717) is 12.1 Å². The molecule has 2 fully saturated rings. The Labute approximate surface area is 171 Å². The van der Waals surface area contributed by atoms with Crippen molar-refractivity contribution in [1.29, 1.82) is 0 Å². The van der Waals surface area contributed by atoms with E-state index < -0.39 is 0 Å². The standard InChI is InChI=1S/C23H28FN3O2/c1-29-22-11-9-18(10-12-22)25-23(28)26-19-13-20-3-2-4-21(14-19)27(20)15-16-5-7-17(24)8-6-16/h5-12,19-21H,2-4,13-15H2,1H3,(H2,25,26,28)/p+1/t19?,20-,21+. The van der Waals surface area contributed by atoms with Gasteiger partial charge in [-0.3, -0.25) is 0 Å². The summed E-state index contributed by atoms with van der Waals surface area (Å²) in [5, 5.41) is 6.09. The molecule has 4 rings (SSSR count). The summed E-state index contributed by atoms with van der Waals surface area (Å²) in [5.41, 5.74) is 1.94. The lowest BCUT2D eigenvalue weighted by atomic mass is 9.81. The highest BCUT2D eigenvalue weighted by Gasteiger charge is 2.42. The summed E-state index contributed by atoms with van der Waals surface area (Å²) < 4.78 is 18.4. The van der Waals surface area contributed by atoms with Crippen molar-refractivity contribution in [1.82, 2.24) is 5.32 Å². The number of nitrogens with one attached hydrogen (secondary N) is 3. The number of hydrogen-bond donors (Lipinski definition) is 3. The second kappa shape index (κ2) is 8.82. The normalized spacial score (nSPS) is 25.9. The van der Waals surface area contributed by atoms with E-state index in [2.05, 4.69) is 10.6 Å². The van der Waals surface area contributed by atoms with Crippen molar-refractivity contribution >= 4 is 11.7 Å². The van der Waals surface area contributed by atoms with E-state index in [9.17, 15) is 9.18 Å². The van der Waals surface area contributed by atoms with E-state index in [0.717, 1.165) is 30.8 Å². The smallest absolute Gasteiger partial charge is 0.319 e. The van der Waals surface area contributed by atoms with Gasteiger partial charge < -0.3 is 20.3 Å². The molecule has 6 heteroatoms. The molecule has 5 nitrogen and oxygen atoms in total. The molecule has 0 aromatic heterocycles. The number of halogens is 1. The Kier molecular flexibility index (Phi) is 6.00. The molecule has 0 aliphatic carbocycles. The highest BCUT2D eigenvalue weighted by atomic mass is 19.1. The molecule has 0 spiro atoms. The van der Waals surface area contributed by atoms with Crippen LogP contribution in [0, 0.1) is 5.82 Å². The molecule has 2 amide bonds. The molecule has 2 aromatic rings. The highest BCUT2D eigenvalue weighted by molar-refractivity contribution is 5.89. The van der Waals surface area contributed by atoms with Gasteiger partial charge in [0.1, 0.15) is 18.1 Å². The highest BCUT2D eigenvalue weighted by Crippen LogP contribution is 2.23. The van der Waals surface area contributed by atoms with Crippen LogP contribution in [0.25, 0.3) is 0 Å². The number of hydrogen-bond acceptors (Lipinski definition) is 2. The third-order valence-electron chi connectivity index (χ3n) is 6.30. The molecule has 154 valence electrons. The molecule has 2 unspecified atom stereocenters. The van der Waals surface area contributed by atoms with Gasteiger partial charge in [-0.15, -0.1) is 0 Å². The molecule has 0 radical (unpaired) electrons. The maximum Gasteiger partial charge on any atom is 0.319 e. The number of carbonyl (C=O) groups excluding carboxylic acids is 1. The Balaban J connectivity index is 1.34. The lowest BCUT2D eigenvalue weighted by Crippen LogP contribution is -3.20. The number of quaternary nitrogens is 1. The molecule has 4 atom stereocenters. The quantitative estimate of drug-likeness (QED) is 0.725. The lowest BCUT2D eigenvalue weighted by molar-refractivity contribution is -0.973.